The first-order valence-corrected chi connectivity index (χ1v) is 10.1. The van der Waals surface area contributed by atoms with E-state index in [1.807, 2.05) is 12.1 Å². The van der Waals surface area contributed by atoms with E-state index in [1.165, 1.54) is 32.5 Å². The van der Waals surface area contributed by atoms with E-state index >= 15 is 0 Å². The first kappa shape index (κ1) is 21.6. The van der Waals surface area contributed by atoms with Crippen LogP contribution in [-0.2, 0) is 9.53 Å². The van der Waals surface area contributed by atoms with E-state index in [9.17, 15) is 9.59 Å². The Morgan fingerprint density at radius 2 is 1.83 bits per heavy atom. The maximum atomic E-state index is 12.5. The first-order valence-electron chi connectivity index (χ1n) is 8.86. The van der Waals surface area contributed by atoms with Crippen molar-refractivity contribution in [1.29, 1.82) is 0 Å². The Bertz CT molecular complexity index is 1050. The van der Waals surface area contributed by atoms with Crippen molar-refractivity contribution < 1.29 is 23.8 Å². The number of rotatable bonds is 7. The van der Waals surface area contributed by atoms with E-state index in [0.29, 0.717) is 27.2 Å². The van der Waals surface area contributed by atoms with Gasteiger partial charge < -0.3 is 19.5 Å². The molecule has 0 saturated carbocycles. The van der Waals surface area contributed by atoms with Gasteiger partial charge in [0.2, 0.25) is 0 Å². The Hall–Kier alpha value is -3.10. The van der Waals surface area contributed by atoms with Gasteiger partial charge in [-0.1, -0.05) is 23.7 Å². The van der Waals surface area contributed by atoms with Gasteiger partial charge in [0.25, 0.3) is 5.91 Å². The molecule has 2 aromatic carbocycles. The number of methoxy groups -OCH3 is 2. The third kappa shape index (κ3) is 5.08. The molecule has 0 aliphatic heterocycles. The van der Waals surface area contributed by atoms with Gasteiger partial charge in [0, 0.05) is 22.0 Å². The number of carbonyl (C=O) groups is 2. The highest BCUT2D eigenvalue weighted by Crippen LogP contribution is 2.29. The van der Waals surface area contributed by atoms with Gasteiger partial charge >= 0.3 is 5.97 Å². The molecule has 0 aliphatic carbocycles. The second kappa shape index (κ2) is 9.60. The van der Waals surface area contributed by atoms with Crippen molar-refractivity contribution in [3.05, 3.63) is 58.6 Å². The molecule has 3 rings (SSSR count). The number of aromatic nitrogens is 1. The number of benzene rings is 2. The van der Waals surface area contributed by atoms with Crippen LogP contribution in [0.25, 0.3) is 10.6 Å². The third-order valence-electron chi connectivity index (χ3n) is 4.12. The standard InChI is InChI=1S/C21H19ClN2O5S/c1-12(19(25)23-16-10-15(27-2)8-9-18(16)28-3)29-21(26)17-11-30-20(24-17)13-4-6-14(22)7-5-13/h4-12H,1-3H3,(H,23,25). The summed E-state index contributed by atoms with van der Waals surface area (Å²) in [5, 5.41) is 5.53. The molecule has 9 heteroatoms. The van der Waals surface area contributed by atoms with E-state index < -0.39 is 18.0 Å². The van der Waals surface area contributed by atoms with Crippen molar-refractivity contribution in [2.45, 2.75) is 13.0 Å². The van der Waals surface area contributed by atoms with Crippen molar-refractivity contribution in [1.82, 2.24) is 4.98 Å². The predicted molar refractivity (Wildman–Crippen MR) is 116 cm³/mol. The summed E-state index contributed by atoms with van der Waals surface area (Å²) in [6.45, 7) is 1.48. The van der Waals surface area contributed by atoms with Gasteiger partial charge in [0.1, 0.15) is 16.5 Å². The van der Waals surface area contributed by atoms with E-state index in [-0.39, 0.29) is 5.69 Å². The van der Waals surface area contributed by atoms with E-state index in [0.717, 1.165) is 5.56 Å². The average Bonchev–Trinajstić information content (AvgIpc) is 3.24. The second-order valence-corrected chi connectivity index (χ2v) is 7.44. The monoisotopic (exact) mass is 446 g/mol. The zero-order chi connectivity index (χ0) is 21.7. The minimum absolute atomic E-state index is 0.128. The molecule has 7 nitrogen and oxygen atoms in total. The van der Waals surface area contributed by atoms with E-state index in [1.54, 1.807) is 35.7 Å². The van der Waals surface area contributed by atoms with Crippen LogP contribution in [0.5, 0.6) is 11.5 Å². The number of nitrogens with one attached hydrogen (secondary N) is 1. The predicted octanol–water partition coefficient (Wildman–Crippen LogP) is 4.66. The van der Waals surface area contributed by atoms with Crippen LogP contribution in [0.4, 0.5) is 5.69 Å². The van der Waals surface area contributed by atoms with Crippen LogP contribution in [0.1, 0.15) is 17.4 Å². The molecule has 1 atom stereocenters. The number of halogens is 1. The Labute approximate surface area is 182 Å². The number of carbonyl (C=O) groups excluding carboxylic acids is 2. The van der Waals surface area contributed by atoms with Crippen LogP contribution in [0, 0.1) is 0 Å². The van der Waals surface area contributed by atoms with Gasteiger partial charge in [-0.2, -0.15) is 0 Å². The van der Waals surface area contributed by atoms with Gasteiger partial charge in [0.15, 0.2) is 11.8 Å². The van der Waals surface area contributed by atoms with Gasteiger partial charge in [-0.15, -0.1) is 11.3 Å². The maximum Gasteiger partial charge on any atom is 0.358 e. The highest BCUT2D eigenvalue weighted by molar-refractivity contribution is 7.13. The fourth-order valence-electron chi connectivity index (χ4n) is 2.51. The van der Waals surface area contributed by atoms with Crippen LogP contribution in [0.15, 0.2) is 47.8 Å². The number of anilines is 1. The summed E-state index contributed by atoms with van der Waals surface area (Å²) in [7, 11) is 3.01. The molecule has 1 heterocycles. The van der Waals surface area contributed by atoms with Gasteiger partial charge in [-0.25, -0.2) is 9.78 Å². The topological polar surface area (TPSA) is 86.8 Å². The third-order valence-corrected chi connectivity index (χ3v) is 5.27. The lowest BCUT2D eigenvalue weighted by molar-refractivity contribution is -0.123. The zero-order valence-corrected chi connectivity index (χ0v) is 18.0. The number of amides is 1. The summed E-state index contributed by atoms with van der Waals surface area (Å²) >= 11 is 7.19. The number of hydrogen-bond acceptors (Lipinski definition) is 7. The molecule has 0 aliphatic rings. The van der Waals surface area contributed by atoms with E-state index in [4.69, 9.17) is 25.8 Å². The molecule has 1 N–H and O–H groups in total. The normalized spacial score (nSPS) is 11.5. The molecular formula is C21H19ClN2O5S. The lowest BCUT2D eigenvalue weighted by Crippen LogP contribution is -2.30. The number of nitrogens with zero attached hydrogens (tertiary/aromatic N) is 1. The smallest absolute Gasteiger partial charge is 0.358 e. The average molecular weight is 447 g/mol. The highest BCUT2D eigenvalue weighted by Gasteiger charge is 2.22. The summed E-state index contributed by atoms with van der Waals surface area (Å²) in [5.41, 5.74) is 1.37. The minimum atomic E-state index is -1.05. The fraction of sp³-hybridized carbons (Fsp3) is 0.190. The van der Waals surface area contributed by atoms with Gasteiger partial charge in [-0.05, 0) is 31.2 Å². The summed E-state index contributed by atoms with van der Waals surface area (Å²) < 4.78 is 15.7. The molecule has 30 heavy (non-hydrogen) atoms. The first-order chi connectivity index (χ1) is 14.4. The molecule has 0 radical (unpaired) electrons. The van der Waals surface area contributed by atoms with Gasteiger partial charge in [0.05, 0.1) is 19.9 Å². The Morgan fingerprint density at radius 3 is 2.50 bits per heavy atom. The minimum Gasteiger partial charge on any atom is -0.497 e. The number of thiazole rings is 1. The van der Waals surface area contributed by atoms with Gasteiger partial charge in [-0.3, -0.25) is 4.79 Å². The molecule has 0 spiro atoms. The largest absolute Gasteiger partial charge is 0.497 e. The number of hydrogen-bond donors (Lipinski definition) is 1. The summed E-state index contributed by atoms with van der Waals surface area (Å²) in [5.74, 6) is -0.197. The molecule has 0 fully saturated rings. The van der Waals surface area contributed by atoms with Crippen LogP contribution < -0.4 is 14.8 Å². The Kier molecular flexibility index (Phi) is 6.91. The summed E-state index contributed by atoms with van der Waals surface area (Å²) in [6, 6.07) is 12.1. The Balaban J connectivity index is 1.66. The molecular weight excluding hydrogens is 428 g/mol. The highest BCUT2D eigenvalue weighted by atomic mass is 35.5. The van der Waals surface area contributed by atoms with Crippen molar-refractivity contribution in [3.63, 3.8) is 0 Å². The van der Waals surface area contributed by atoms with E-state index in [2.05, 4.69) is 10.3 Å². The molecule has 156 valence electrons. The molecule has 1 amide bonds. The molecule has 1 aromatic heterocycles. The number of esters is 1. The Morgan fingerprint density at radius 1 is 1.10 bits per heavy atom. The van der Waals surface area contributed by atoms with Crippen molar-refractivity contribution >= 4 is 40.5 Å². The molecule has 3 aromatic rings. The maximum absolute atomic E-state index is 12.5. The van der Waals surface area contributed by atoms with Crippen molar-refractivity contribution in [3.8, 4) is 22.1 Å². The second-order valence-electron chi connectivity index (χ2n) is 6.15. The quantitative estimate of drug-likeness (QED) is 0.531. The molecule has 0 bridgehead atoms. The lowest BCUT2D eigenvalue weighted by atomic mass is 10.2. The van der Waals surface area contributed by atoms with Crippen LogP contribution in [-0.4, -0.2) is 37.2 Å². The van der Waals surface area contributed by atoms with Crippen molar-refractivity contribution in [2.24, 2.45) is 0 Å². The van der Waals surface area contributed by atoms with Crippen LogP contribution in [0.2, 0.25) is 5.02 Å². The summed E-state index contributed by atoms with van der Waals surface area (Å²) in [4.78, 5) is 29.2. The van der Waals surface area contributed by atoms with Crippen LogP contribution >= 0.6 is 22.9 Å². The zero-order valence-electron chi connectivity index (χ0n) is 16.5. The fourth-order valence-corrected chi connectivity index (χ4v) is 3.43. The number of ether oxygens (including phenoxy) is 3. The molecule has 1 unspecified atom stereocenters. The SMILES string of the molecule is COc1ccc(OC)c(NC(=O)C(C)OC(=O)c2csc(-c3ccc(Cl)cc3)n2)c1. The van der Waals surface area contributed by atoms with Crippen LogP contribution in [0.3, 0.4) is 0 Å². The molecule has 0 saturated heterocycles. The van der Waals surface area contributed by atoms with Crippen molar-refractivity contribution in [2.75, 3.05) is 19.5 Å². The lowest BCUT2D eigenvalue weighted by Gasteiger charge is -2.15. The summed E-state index contributed by atoms with van der Waals surface area (Å²) in [6.07, 6.45) is -1.05.